The van der Waals surface area contributed by atoms with Crippen LogP contribution in [0.15, 0.2) is 315 Å². The Morgan fingerprint density at radius 3 is 0.852 bits per heavy atom. The fourth-order valence-electron chi connectivity index (χ4n) is 13.1. The van der Waals surface area contributed by atoms with Crippen molar-refractivity contribution in [2.24, 2.45) is 0 Å². The smallest absolute Gasteiger partial charge is 0.140 e. The minimum atomic E-state index is 0.827. The van der Waals surface area contributed by atoms with Gasteiger partial charge >= 0.3 is 0 Å². The highest BCUT2D eigenvalue weighted by molar-refractivity contribution is 6.20. The lowest BCUT2D eigenvalue weighted by Crippen LogP contribution is -2.05. The summed E-state index contributed by atoms with van der Waals surface area (Å²) in [6.07, 6.45) is 0. The summed E-state index contributed by atoms with van der Waals surface area (Å²) in [5.41, 5.74) is 19.8. The summed E-state index contributed by atoms with van der Waals surface area (Å²) in [7, 11) is 0. The molecule has 11 aromatic carbocycles. The third kappa shape index (κ3) is 8.81. The fraction of sp³-hybridized carbons (Fsp3) is 0. The molecular weight excluding hydrogens is 1070 g/mol. The van der Waals surface area contributed by atoms with Gasteiger partial charge in [0.05, 0.1) is 56.2 Å². The van der Waals surface area contributed by atoms with Gasteiger partial charge in [0, 0.05) is 65.7 Å². The third-order valence-corrected chi connectivity index (χ3v) is 17.3. The van der Waals surface area contributed by atoms with Gasteiger partial charge in [-0.2, -0.15) is 0 Å². The number of aromatic nitrogens is 6. The monoisotopic (exact) mass is 1120 g/mol. The summed E-state index contributed by atoms with van der Waals surface area (Å²) in [6, 6.07) is 112. The second-order valence-electron chi connectivity index (χ2n) is 22.6. The Morgan fingerprint density at radius 2 is 0.477 bits per heavy atom. The predicted octanol–water partition coefficient (Wildman–Crippen LogP) is 21.1. The van der Waals surface area contributed by atoms with Crippen LogP contribution in [0.3, 0.4) is 0 Å². The number of pyridine rings is 4. The van der Waals surface area contributed by atoms with Gasteiger partial charge in [-0.15, -0.1) is 0 Å². The second kappa shape index (κ2) is 21.0. The molecule has 0 fully saturated rings. The highest BCUT2D eigenvalue weighted by Gasteiger charge is 2.22. The van der Waals surface area contributed by atoms with Crippen molar-refractivity contribution in [3.05, 3.63) is 315 Å². The largest absolute Gasteiger partial charge is 0.293 e. The van der Waals surface area contributed by atoms with Crippen LogP contribution in [0.4, 0.5) is 0 Å². The number of rotatable bonds is 10. The summed E-state index contributed by atoms with van der Waals surface area (Å²) in [6.45, 7) is 0. The summed E-state index contributed by atoms with van der Waals surface area (Å²) < 4.78 is 4.77. The third-order valence-electron chi connectivity index (χ3n) is 17.3. The zero-order valence-electron chi connectivity index (χ0n) is 47.7. The standard InChI is InChI=1S/C82H52N6/c1-5-23-57(24-6-1)71-47-63(48-72(83-71)58-25-7-2-8-26-58)75-45-61(46-76(85-75)64-49-73(59-27-9-3-10-28-59)84-74(50-64)60-29-11-4-12-30-60)53-37-39-54(40-38-53)62-51-79(87-77-35-19-17-33-67(77)69-43-41-55-21-13-15-31-65(55)81(69)87)86-80(52-62)88-78-36-20-18-34-68(78)70-44-42-56-22-14-16-32-66(56)82(70)88/h1-52H. The lowest BCUT2D eigenvalue weighted by Gasteiger charge is -2.16. The van der Waals surface area contributed by atoms with E-state index in [4.69, 9.17) is 19.9 Å². The van der Waals surface area contributed by atoms with E-state index in [1.807, 2.05) is 24.3 Å². The van der Waals surface area contributed by atoms with E-state index in [1.54, 1.807) is 0 Å². The molecule has 0 atom stereocenters. The topological polar surface area (TPSA) is 61.4 Å². The summed E-state index contributed by atoms with van der Waals surface area (Å²) in [4.78, 5) is 22.0. The molecule has 0 aliphatic heterocycles. The van der Waals surface area contributed by atoms with Crippen molar-refractivity contribution >= 4 is 65.2 Å². The minimum Gasteiger partial charge on any atom is -0.293 e. The molecule has 0 spiro atoms. The first-order valence-corrected chi connectivity index (χ1v) is 29.8. The molecule has 17 aromatic rings. The van der Waals surface area contributed by atoms with Gasteiger partial charge in [-0.1, -0.05) is 255 Å². The summed E-state index contributed by atoms with van der Waals surface area (Å²) in [5.74, 6) is 1.66. The molecule has 6 heteroatoms. The minimum absolute atomic E-state index is 0.827. The quantitative estimate of drug-likeness (QED) is 0.137. The van der Waals surface area contributed by atoms with Crippen LogP contribution in [0.5, 0.6) is 0 Å². The van der Waals surface area contributed by atoms with E-state index in [2.05, 4.69) is 300 Å². The van der Waals surface area contributed by atoms with Crippen molar-refractivity contribution < 1.29 is 0 Å². The molecule has 88 heavy (non-hydrogen) atoms. The van der Waals surface area contributed by atoms with Gasteiger partial charge < -0.3 is 0 Å². The van der Waals surface area contributed by atoms with E-state index in [9.17, 15) is 0 Å². The molecule has 0 saturated carbocycles. The molecule has 0 saturated heterocycles. The molecule has 6 nitrogen and oxygen atoms in total. The molecule has 0 bridgehead atoms. The lowest BCUT2D eigenvalue weighted by atomic mass is 9.96. The molecule has 17 rings (SSSR count). The van der Waals surface area contributed by atoms with Crippen LogP contribution in [0, 0.1) is 0 Å². The van der Waals surface area contributed by atoms with Crippen LogP contribution in [-0.2, 0) is 0 Å². The highest BCUT2D eigenvalue weighted by atomic mass is 15.1. The van der Waals surface area contributed by atoms with E-state index in [-0.39, 0.29) is 0 Å². The average molecular weight is 1120 g/mol. The number of nitrogens with zero attached hydrogens (tertiary/aromatic N) is 6. The van der Waals surface area contributed by atoms with Crippen molar-refractivity contribution in [1.82, 2.24) is 29.1 Å². The van der Waals surface area contributed by atoms with Crippen LogP contribution >= 0.6 is 0 Å². The summed E-state index contributed by atoms with van der Waals surface area (Å²) >= 11 is 0. The van der Waals surface area contributed by atoms with Crippen LogP contribution in [0.1, 0.15) is 0 Å². The van der Waals surface area contributed by atoms with Gasteiger partial charge in [0.2, 0.25) is 0 Å². The number of para-hydroxylation sites is 2. The highest BCUT2D eigenvalue weighted by Crippen LogP contribution is 2.42. The van der Waals surface area contributed by atoms with Crippen LogP contribution < -0.4 is 0 Å². The fourth-order valence-corrected chi connectivity index (χ4v) is 13.1. The molecule has 6 aromatic heterocycles. The van der Waals surface area contributed by atoms with Gasteiger partial charge in [-0.3, -0.25) is 9.13 Å². The van der Waals surface area contributed by atoms with Crippen LogP contribution in [0.2, 0.25) is 0 Å². The van der Waals surface area contributed by atoms with E-state index in [1.165, 1.54) is 43.1 Å². The Hall–Kier alpha value is -11.9. The Labute approximate surface area is 508 Å². The molecule has 0 radical (unpaired) electrons. The van der Waals surface area contributed by atoms with E-state index in [0.717, 1.165) is 124 Å². The van der Waals surface area contributed by atoms with Gasteiger partial charge in [0.15, 0.2) is 0 Å². The molecule has 0 aliphatic carbocycles. The number of benzene rings is 11. The molecule has 0 unspecified atom stereocenters. The van der Waals surface area contributed by atoms with E-state index in [0.29, 0.717) is 0 Å². The molecule has 0 N–H and O–H groups in total. The Balaban J connectivity index is 0.886. The Bertz CT molecular complexity index is 5110. The first-order chi connectivity index (χ1) is 43.6. The van der Waals surface area contributed by atoms with Gasteiger partial charge in [0.25, 0.3) is 0 Å². The number of fused-ring (bicyclic) bond motifs is 10. The summed E-state index contributed by atoms with van der Waals surface area (Å²) in [5, 5.41) is 9.43. The van der Waals surface area contributed by atoms with Gasteiger partial charge in [-0.25, -0.2) is 19.9 Å². The van der Waals surface area contributed by atoms with Gasteiger partial charge in [0.1, 0.15) is 11.6 Å². The predicted molar refractivity (Wildman–Crippen MR) is 365 cm³/mol. The van der Waals surface area contributed by atoms with E-state index >= 15 is 0 Å². The normalized spacial score (nSPS) is 11.6. The average Bonchev–Trinajstić information content (AvgIpc) is 1.82. The van der Waals surface area contributed by atoms with Gasteiger partial charge in [-0.05, 0) is 93.7 Å². The Morgan fingerprint density at radius 1 is 0.182 bits per heavy atom. The zero-order chi connectivity index (χ0) is 58.1. The SMILES string of the molecule is c1ccc(-c2cc(-c3cc(-c4ccc(-c5cc(-n6c7ccccc7c7ccc8ccccc8c76)nc(-n6c7ccccc7c7ccc8ccccc8c76)c5)cc4)cc(-c4cc(-c5ccccc5)nc(-c5ccccc5)c4)n3)cc(-c3ccccc3)n2)cc1. The molecule has 0 aliphatic rings. The van der Waals surface area contributed by atoms with E-state index < -0.39 is 0 Å². The zero-order valence-corrected chi connectivity index (χ0v) is 47.7. The first kappa shape index (κ1) is 50.6. The van der Waals surface area contributed by atoms with Crippen molar-refractivity contribution in [2.45, 2.75) is 0 Å². The maximum atomic E-state index is 5.81. The first-order valence-electron chi connectivity index (χ1n) is 29.8. The number of hydrogen-bond acceptors (Lipinski definition) is 4. The second-order valence-corrected chi connectivity index (χ2v) is 22.6. The van der Waals surface area contributed by atoms with Crippen molar-refractivity contribution in [3.63, 3.8) is 0 Å². The van der Waals surface area contributed by atoms with Crippen LogP contribution in [-0.4, -0.2) is 29.1 Å². The molecule has 0 amide bonds. The molecular formula is C82H52N6. The molecule has 6 heterocycles. The van der Waals surface area contributed by atoms with Crippen molar-refractivity contribution in [2.75, 3.05) is 0 Å². The molecule has 410 valence electrons. The van der Waals surface area contributed by atoms with Crippen molar-refractivity contribution in [3.8, 4) is 101 Å². The maximum Gasteiger partial charge on any atom is 0.140 e. The maximum absolute atomic E-state index is 5.81. The number of hydrogen-bond donors (Lipinski definition) is 0. The lowest BCUT2D eigenvalue weighted by molar-refractivity contribution is 1.02. The van der Waals surface area contributed by atoms with Crippen LogP contribution in [0.25, 0.3) is 167 Å². The Kier molecular flexibility index (Phi) is 12.1. The van der Waals surface area contributed by atoms with Crippen molar-refractivity contribution in [1.29, 1.82) is 0 Å².